The first-order valence-electron chi connectivity index (χ1n) is 2.75. The van der Waals surface area contributed by atoms with Crippen molar-refractivity contribution in [2.45, 2.75) is 12.5 Å². The number of hydrogen-bond acceptors (Lipinski definition) is 2. The molecule has 9 heavy (non-hydrogen) atoms. The molecule has 0 amide bonds. The molecule has 0 fully saturated rings. The zero-order chi connectivity index (χ0) is 6.53. The van der Waals surface area contributed by atoms with Gasteiger partial charge in [0.1, 0.15) is 0 Å². The standard InChI is InChI=1S/C7H6NS/c9-6-8-7-4-2-1-3-5-7/h1-3,7H,4H2. The van der Waals surface area contributed by atoms with Gasteiger partial charge in [-0.2, -0.15) is 0 Å². The minimum atomic E-state index is 0.118. The highest BCUT2D eigenvalue weighted by Gasteiger charge is 1.99. The third-order valence-electron chi connectivity index (χ3n) is 1.09. The van der Waals surface area contributed by atoms with E-state index in [0.717, 1.165) is 6.42 Å². The van der Waals surface area contributed by atoms with Gasteiger partial charge in [-0.25, -0.2) is 4.99 Å². The zero-order valence-electron chi connectivity index (χ0n) is 4.87. The Hall–Kier alpha value is -0.720. The summed E-state index contributed by atoms with van der Waals surface area (Å²) in [6.45, 7) is 0. The summed E-state index contributed by atoms with van der Waals surface area (Å²) in [7, 11) is 0. The Morgan fingerprint density at radius 2 is 2.67 bits per heavy atom. The molecule has 0 saturated carbocycles. The Balaban J connectivity index is 2.55. The zero-order valence-corrected chi connectivity index (χ0v) is 5.69. The smallest absolute Gasteiger partial charge is 0.0890 e. The molecule has 1 aliphatic rings. The third-order valence-corrected chi connectivity index (χ3v) is 1.19. The average Bonchev–Trinajstić information content (AvgIpc) is 1.91. The lowest BCUT2D eigenvalue weighted by Gasteiger charge is -2.01. The second kappa shape index (κ2) is 3.33. The van der Waals surface area contributed by atoms with Crippen molar-refractivity contribution in [2.24, 2.45) is 4.99 Å². The summed E-state index contributed by atoms with van der Waals surface area (Å²) in [6.07, 6.45) is 9.76. The predicted molar refractivity (Wildman–Crippen MR) is 40.4 cm³/mol. The van der Waals surface area contributed by atoms with Crippen molar-refractivity contribution in [3.05, 3.63) is 24.3 Å². The minimum absolute atomic E-state index is 0.118. The van der Waals surface area contributed by atoms with E-state index in [0.29, 0.717) is 0 Å². The van der Waals surface area contributed by atoms with Crippen LogP contribution < -0.4 is 0 Å². The first kappa shape index (κ1) is 6.40. The number of rotatable bonds is 1. The minimum Gasteiger partial charge on any atom is -0.224 e. The third kappa shape index (κ3) is 1.92. The summed E-state index contributed by atoms with van der Waals surface area (Å²) in [5.74, 6) is 0. The van der Waals surface area contributed by atoms with Crippen molar-refractivity contribution >= 4 is 17.4 Å². The van der Waals surface area contributed by atoms with Gasteiger partial charge in [0.05, 0.1) is 11.2 Å². The van der Waals surface area contributed by atoms with Gasteiger partial charge in [-0.15, -0.1) is 0 Å². The van der Waals surface area contributed by atoms with E-state index in [4.69, 9.17) is 0 Å². The molecule has 0 aliphatic heterocycles. The predicted octanol–water partition coefficient (Wildman–Crippen LogP) is 1.78. The Morgan fingerprint density at radius 1 is 1.78 bits per heavy atom. The molecular weight excluding hydrogens is 130 g/mol. The van der Waals surface area contributed by atoms with Gasteiger partial charge in [0, 0.05) is 0 Å². The van der Waals surface area contributed by atoms with Gasteiger partial charge in [-0.1, -0.05) is 18.2 Å². The lowest BCUT2D eigenvalue weighted by molar-refractivity contribution is 0.813. The van der Waals surface area contributed by atoms with Gasteiger partial charge < -0.3 is 0 Å². The van der Waals surface area contributed by atoms with Gasteiger partial charge in [0.25, 0.3) is 0 Å². The molecule has 0 spiro atoms. The molecule has 1 radical (unpaired) electrons. The Morgan fingerprint density at radius 3 is 3.22 bits per heavy atom. The monoisotopic (exact) mass is 136 g/mol. The molecule has 0 bridgehead atoms. The van der Waals surface area contributed by atoms with Crippen LogP contribution in [0.2, 0.25) is 0 Å². The van der Waals surface area contributed by atoms with Crippen LogP contribution in [0.3, 0.4) is 0 Å². The van der Waals surface area contributed by atoms with Crippen LogP contribution in [-0.4, -0.2) is 11.2 Å². The quantitative estimate of drug-likeness (QED) is 0.395. The first-order chi connectivity index (χ1) is 4.43. The lowest BCUT2D eigenvalue weighted by Crippen LogP contribution is -1.99. The Kier molecular flexibility index (Phi) is 2.37. The highest BCUT2D eigenvalue weighted by atomic mass is 32.1. The fraction of sp³-hybridized carbons (Fsp3) is 0.286. The molecule has 1 rings (SSSR count). The van der Waals surface area contributed by atoms with Gasteiger partial charge in [0.2, 0.25) is 0 Å². The van der Waals surface area contributed by atoms with E-state index in [1.807, 2.05) is 18.2 Å². The number of hydrogen-bond donors (Lipinski definition) is 0. The number of isothiocyanates is 1. The van der Waals surface area contributed by atoms with Crippen LogP contribution in [0.1, 0.15) is 6.42 Å². The van der Waals surface area contributed by atoms with Gasteiger partial charge in [-0.3, -0.25) is 0 Å². The normalized spacial score (nSPS) is 23.3. The topological polar surface area (TPSA) is 12.4 Å². The maximum Gasteiger partial charge on any atom is 0.0890 e. The molecule has 1 unspecified atom stereocenters. The highest BCUT2D eigenvalue weighted by molar-refractivity contribution is 7.78. The molecule has 1 nitrogen and oxygen atoms in total. The molecule has 0 N–H and O–H groups in total. The van der Waals surface area contributed by atoms with Crippen molar-refractivity contribution in [1.82, 2.24) is 0 Å². The largest absolute Gasteiger partial charge is 0.224 e. The fourth-order valence-electron chi connectivity index (χ4n) is 0.664. The van der Waals surface area contributed by atoms with E-state index in [9.17, 15) is 0 Å². The molecule has 0 aromatic heterocycles. The van der Waals surface area contributed by atoms with Crippen LogP contribution in [0.15, 0.2) is 23.2 Å². The van der Waals surface area contributed by atoms with Crippen molar-refractivity contribution in [3.63, 3.8) is 0 Å². The Labute approximate surface area is 59.8 Å². The molecule has 1 aliphatic carbocycles. The summed E-state index contributed by atoms with van der Waals surface area (Å²) in [5, 5.41) is 2.33. The van der Waals surface area contributed by atoms with E-state index in [-0.39, 0.29) is 6.04 Å². The van der Waals surface area contributed by atoms with E-state index in [1.165, 1.54) is 0 Å². The molecule has 45 valence electrons. The number of aliphatic imine (C=N–C) groups is 1. The van der Waals surface area contributed by atoms with Gasteiger partial charge in [0.15, 0.2) is 0 Å². The van der Waals surface area contributed by atoms with Crippen molar-refractivity contribution in [2.75, 3.05) is 0 Å². The van der Waals surface area contributed by atoms with Crippen LogP contribution in [0.5, 0.6) is 0 Å². The summed E-state index contributed by atoms with van der Waals surface area (Å²) in [5.41, 5.74) is 0. The van der Waals surface area contributed by atoms with Crippen molar-refractivity contribution in [3.8, 4) is 0 Å². The summed E-state index contributed by atoms with van der Waals surface area (Å²) in [6, 6.07) is 0.118. The van der Waals surface area contributed by atoms with Crippen molar-refractivity contribution < 1.29 is 0 Å². The van der Waals surface area contributed by atoms with Gasteiger partial charge >= 0.3 is 0 Å². The molecular formula is C7H6NS. The van der Waals surface area contributed by atoms with Crippen LogP contribution in [0.25, 0.3) is 0 Å². The van der Waals surface area contributed by atoms with Crippen molar-refractivity contribution in [1.29, 1.82) is 0 Å². The van der Waals surface area contributed by atoms with Crippen LogP contribution >= 0.6 is 12.2 Å². The number of thiocarbonyl (C=S) groups is 1. The van der Waals surface area contributed by atoms with Crippen LogP contribution in [0.4, 0.5) is 0 Å². The van der Waals surface area contributed by atoms with E-state index in [1.54, 1.807) is 0 Å². The summed E-state index contributed by atoms with van der Waals surface area (Å²) >= 11 is 4.44. The number of allylic oxidation sites excluding steroid dienone is 2. The van der Waals surface area contributed by atoms with Gasteiger partial charge in [-0.05, 0) is 24.7 Å². The number of nitrogens with zero attached hydrogens (tertiary/aromatic N) is 1. The van der Waals surface area contributed by atoms with Crippen LogP contribution in [-0.2, 0) is 0 Å². The second-order valence-electron chi connectivity index (χ2n) is 1.73. The fourth-order valence-corrected chi connectivity index (χ4v) is 0.791. The summed E-state index contributed by atoms with van der Waals surface area (Å²) in [4.78, 5) is 3.85. The molecule has 1 atom stereocenters. The molecule has 0 aromatic rings. The molecule has 2 heteroatoms. The Bertz CT molecular complexity index is 187. The lowest BCUT2D eigenvalue weighted by atomic mass is 10.1. The summed E-state index contributed by atoms with van der Waals surface area (Å²) < 4.78 is 0. The molecule has 0 saturated heterocycles. The molecule has 0 aromatic carbocycles. The first-order valence-corrected chi connectivity index (χ1v) is 3.15. The highest BCUT2D eigenvalue weighted by Crippen LogP contribution is 2.04. The van der Waals surface area contributed by atoms with E-state index in [2.05, 4.69) is 28.4 Å². The molecule has 0 heterocycles. The maximum atomic E-state index is 4.44. The average molecular weight is 136 g/mol. The maximum absolute atomic E-state index is 4.44. The van der Waals surface area contributed by atoms with E-state index < -0.39 is 0 Å². The SMILES string of the molecule is S=C=NC1[C]=CC=CC1. The van der Waals surface area contributed by atoms with E-state index >= 15 is 0 Å². The van der Waals surface area contributed by atoms with Crippen LogP contribution in [0, 0.1) is 6.08 Å². The second-order valence-corrected chi connectivity index (χ2v) is 1.92.